The van der Waals surface area contributed by atoms with E-state index >= 15 is 0 Å². The van der Waals surface area contributed by atoms with E-state index in [1.165, 1.54) is 0 Å². The van der Waals surface area contributed by atoms with Crippen molar-refractivity contribution in [3.05, 3.63) is 0 Å². The van der Waals surface area contributed by atoms with Crippen molar-refractivity contribution >= 4 is 5.97 Å². The highest BCUT2D eigenvalue weighted by atomic mass is 16.6. The summed E-state index contributed by atoms with van der Waals surface area (Å²) in [4.78, 5) is 13.7. The highest BCUT2D eigenvalue weighted by molar-refractivity contribution is 5.75. The van der Waals surface area contributed by atoms with Gasteiger partial charge in [-0.3, -0.25) is 9.69 Å². The predicted molar refractivity (Wildman–Crippen MR) is 69.0 cm³/mol. The van der Waals surface area contributed by atoms with Crippen molar-refractivity contribution in [2.45, 2.75) is 59.3 Å². The first kappa shape index (κ1) is 16.4. The van der Waals surface area contributed by atoms with Crippen molar-refractivity contribution in [3.8, 4) is 0 Å². The number of rotatable bonds is 6. The molecule has 102 valence electrons. The van der Waals surface area contributed by atoms with E-state index in [-0.39, 0.29) is 18.1 Å². The van der Waals surface area contributed by atoms with Gasteiger partial charge in [-0.15, -0.1) is 0 Å². The van der Waals surface area contributed by atoms with Gasteiger partial charge in [-0.25, -0.2) is 0 Å². The number of carbonyl (C=O) groups excluding carboxylic acids is 1. The van der Waals surface area contributed by atoms with E-state index in [0.717, 1.165) is 6.54 Å². The van der Waals surface area contributed by atoms with E-state index in [1.54, 1.807) is 0 Å². The third-order valence-electron chi connectivity index (χ3n) is 2.30. The van der Waals surface area contributed by atoms with Gasteiger partial charge < -0.3 is 9.47 Å². The Morgan fingerprint density at radius 1 is 1.24 bits per heavy atom. The summed E-state index contributed by atoms with van der Waals surface area (Å²) in [6, 6.07) is -0.245. The molecule has 0 aliphatic heterocycles. The van der Waals surface area contributed by atoms with Crippen molar-refractivity contribution in [1.82, 2.24) is 4.90 Å². The number of carbonyl (C=O) groups is 1. The van der Waals surface area contributed by atoms with Crippen LogP contribution in [0.25, 0.3) is 0 Å². The van der Waals surface area contributed by atoms with Gasteiger partial charge in [-0.1, -0.05) is 0 Å². The first-order valence-corrected chi connectivity index (χ1v) is 6.18. The molecule has 1 unspecified atom stereocenters. The molecule has 0 amide bonds. The number of nitrogens with zero attached hydrogens (tertiary/aromatic N) is 1. The van der Waals surface area contributed by atoms with Gasteiger partial charge in [0, 0.05) is 6.54 Å². The third-order valence-corrected chi connectivity index (χ3v) is 2.30. The van der Waals surface area contributed by atoms with Crippen molar-refractivity contribution in [2.75, 3.05) is 20.2 Å². The minimum Gasteiger partial charge on any atom is -0.459 e. The van der Waals surface area contributed by atoms with Crippen LogP contribution in [0.15, 0.2) is 0 Å². The van der Waals surface area contributed by atoms with Crippen LogP contribution in [0.1, 0.15) is 41.5 Å². The molecule has 0 aliphatic rings. The Bertz CT molecular complexity index is 233. The summed E-state index contributed by atoms with van der Waals surface area (Å²) >= 11 is 0. The van der Waals surface area contributed by atoms with Crippen LogP contribution in [0, 0.1) is 0 Å². The lowest BCUT2D eigenvalue weighted by molar-refractivity contribution is -0.160. The molecular formula is C13H27NO3. The van der Waals surface area contributed by atoms with Gasteiger partial charge in [0.1, 0.15) is 11.6 Å². The van der Waals surface area contributed by atoms with Crippen LogP contribution in [0.2, 0.25) is 0 Å². The largest absolute Gasteiger partial charge is 0.459 e. The molecule has 0 radical (unpaired) electrons. The summed E-state index contributed by atoms with van der Waals surface area (Å²) in [5, 5.41) is 0. The molecule has 4 heteroatoms. The molecule has 0 spiro atoms. The van der Waals surface area contributed by atoms with E-state index in [0.29, 0.717) is 6.61 Å². The van der Waals surface area contributed by atoms with Crippen molar-refractivity contribution < 1.29 is 14.3 Å². The Morgan fingerprint density at radius 3 is 2.18 bits per heavy atom. The van der Waals surface area contributed by atoms with Crippen molar-refractivity contribution in [2.24, 2.45) is 0 Å². The Morgan fingerprint density at radius 2 is 1.76 bits per heavy atom. The van der Waals surface area contributed by atoms with Crippen LogP contribution in [-0.2, 0) is 14.3 Å². The zero-order valence-corrected chi connectivity index (χ0v) is 12.2. The Kier molecular flexibility index (Phi) is 6.72. The first-order valence-electron chi connectivity index (χ1n) is 6.18. The highest BCUT2D eigenvalue weighted by Gasteiger charge is 2.24. The molecule has 0 N–H and O–H groups in total. The Balaban J connectivity index is 4.03. The van der Waals surface area contributed by atoms with E-state index in [9.17, 15) is 4.79 Å². The second kappa shape index (κ2) is 6.97. The first-order chi connectivity index (χ1) is 7.63. The van der Waals surface area contributed by atoms with E-state index in [4.69, 9.17) is 9.47 Å². The average molecular weight is 245 g/mol. The Hall–Kier alpha value is -0.610. The quantitative estimate of drug-likeness (QED) is 0.672. The standard InChI is InChI=1S/C13H27NO3/c1-10(2)16-9-8-14(7)11(3)12(15)17-13(4,5)6/h10-11H,8-9H2,1-7H3. The summed E-state index contributed by atoms with van der Waals surface area (Å²) in [6.07, 6.45) is 0.222. The molecule has 0 aromatic carbocycles. The van der Waals surface area contributed by atoms with Gasteiger partial charge in [0.15, 0.2) is 0 Å². The van der Waals surface area contributed by atoms with Crippen LogP contribution in [0.5, 0.6) is 0 Å². The lowest BCUT2D eigenvalue weighted by atomic mass is 10.2. The van der Waals surface area contributed by atoms with Crippen molar-refractivity contribution in [3.63, 3.8) is 0 Å². The number of ether oxygens (including phenoxy) is 2. The van der Waals surface area contributed by atoms with Crippen LogP contribution in [0.3, 0.4) is 0 Å². The fourth-order valence-electron chi connectivity index (χ4n) is 1.19. The fraction of sp³-hybridized carbons (Fsp3) is 0.923. The zero-order chi connectivity index (χ0) is 13.6. The monoisotopic (exact) mass is 245 g/mol. The number of hydrogen-bond donors (Lipinski definition) is 0. The topological polar surface area (TPSA) is 38.8 Å². The maximum Gasteiger partial charge on any atom is 0.323 e. The van der Waals surface area contributed by atoms with Crippen LogP contribution in [0.4, 0.5) is 0 Å². The molecule has 0 fully saturated rings. The summed E-state index contributed by atoms with van der Waals surface area (Å²) in [5.74, 6) is -0.190. The maximum atomic E-state index is 11.8. The van der Waals surface area contributed by atoms with Gasteiger partial charge in [0.2, 0.25) is 0 Å². The molecule has 0 bridgehead atoms. The van der Waals surface area contributed by atoms with Gasteiger partial charge in [-0.2, -0.15) is 0 Å². The molecule has 0 aromatic rings. The lowest BCUT2D eigenvalue weighted by Crippen LogP contribution is -2.41. The fourth-order valence-corrected chi connectivity index (χ4v) is 1.19. The maximum absolute atomic E-state index is 11.8. The minimum absolute atomic E-state index is 0.190. The molecule has 0 rings (SSSR count). The normalized spacial score (nSPS) is 14.2. The molecule has 1 atom stereocenters. The lowest BCUT2D eigenvalue weighted by Gasteiger charge is -2.27. The van der Waals surface area contributed by atoms with Gasteiger partial charge in [0.05, 0.1) is 12.7 Å². The molecule has 0 saturated carbocycles. The van der Waals surface area contributed by atoms with Crippen LogP contribution in [-0.4, -0.2) is 48.8 Å². The second-order valence-corrected chi connectivity index (χ2v) is 5.61. The van der Waals surface area contributed by atoms with Gasteiger partial charge in [0.25, 0.3) is 0 Å². The average Bonchev–Trinajstić information content (AvgIpc) is 2.13. The summed E-state index contributed by atoms with van der Waals surface area (Å²) in [7, 11) is 1.90. The molecule has 4 nitrogen and oxygen atoms in total. The molecule has 17 heavy (non-hydrogen) atoms. The molecule has 0 heterocycles. The van der Waals surface area contributed by atoms with Gasteiger partial charge >= 0.3 is 5.97 Å². The van der Waals surface area contributed by atoms with Crippen molar-refractivity contribution in [1.29, 1.82) is 0 Å². The molecule has 0 aromatic heterocycles. The smallest absolute Gasteiger partial charge is 0.323 e. The Labute approximate surface area is 105 Å². The second-order valence-electron chi connectivity index (χ2n) is 5.61. The van der Waals surface area contributed by atoms with E-state index in [1.807, 2.05) is 53.5 Å². The SMILES string of the molecule is CC(C)OCCN(C)C(C)C(=O)OC(C)(C)C. The molecule has 0 aliphatic carbocycles. The highest BCUT2D eigenvalue weighted by Crippen LogP contribution is 2.10. The van der Waals surface area contributed by atoms with E-state index in [2.05, 4.69) is 0 Å². The molecule has 0 saturated heterocycles. The summed E-state index contributed by atoms with van der Waals surface area (Å²) in [5.41, 5.74) is -0.430. The number of esters is 1. The number of likely N-dealkylation sites (N-methyl/N-ethyl adjacent to an activating group) is 1. The van der Waals surface area contributed by atoms with E-state index < -0.39 is 5.60 Å². The summed E-state index contributed by atoms with van der Waals surface area (Å²) < 4.78 is 10.8. The summed E-state index contributed by atoms with van der Waals surface area (Å²) in [6.45, 7) is 12.8. The van der Waals surface area contributed by atoms with Crippen LogP contribution < -0.4 is 0 Å². The zero-order valence-electron chi connectivity index (χ0n) is 12.2. The minimum atomic E-state index is -0.430. The van der Waals surface area contributed by atoms with Gasteiger partial charge in [-0.05, 0) is 48.6 Å². The number of hydrogen-bond acceptors (Lipinski definition) is 4. The van der Waals surface area contributed by atoms with Crippen LogP contribution >= 0.6 is 0 Å². The third kappa shape index (κ3) is 8.16. The molecular weight excluding hydrogens is 218 g/mol. The predicted octanol–water partition coefficient (Wildman–Crippen LogP) is 2.07.